The molecule has 1 N–H and O–H groups in total. The van der Waals surface area contributed by atoms with Crippen LogP contribution in [-0.4, -0.2) is 23.4 Å². The number of aromatic hydroxyl groups is 1. The first kappa shape index (κ1) is 14.0. The Hall–Kier alpha value is -0.415. The van der Waals surface area contributed by atoms with Crippen molar-refractivity contribution in [3.63, 3.8) is 0 Å². The van der Waals surface area contributed by atoms with Gasteiger partial charge in [-0.25, -0.2) is 0 Å². The average Bonchev–Trinajstić information content (AvgIpc) is 2.45. The van der Waals surface area contributed by atoms with E-state index in [2.05, 4.69) is 0 Å². The van der Waals surface area contributed by atoms with E-state index in [1.54, 1.807) is 12.1 Å². The summed E-state index contributed by atoms with van der Waals surface area (Å²) in [6.07, 6.45) is 0. The first-order valence-corrected chi connectivity index (χ1v) is 6.44. The second-order valence-electron chi connectivity index (χ2n) is 5.39. The lowest BCUT2D eigenvalue weighted by Gasteiger charge is -2.32. The minimum Gasteiger partial charge on any atom is -0.507 e. The zero-order valence-corrected chi connectivity index (χ0v) is 12.3. The van der Waals surface area contributed by atoms with E-state index in [1.165, 1.54) is 0 Å². The van der Waals surface area contributed by atoms with Crippen molar-refractivity contribution in [3.05, 3.63) is 22.2 Å². The second-order valence-corrected chi connectivity index (χ2v) is 6.17. The summed E-state index contributed by atoms with van der Waals surface area (Å²) in [6, 6.07) is 3.27. The minimum atomic E-state index is -0.648. The molecule has 1 fully saturated rings. The van der Waals surface area contributed by atoms with E-state index >= 15 is 0 Å². The standard InChI is InChI=1S/C12H15BCl2O3/c1-11(2)12(3,4)18-13(17-11)7-5-6-8(14)9(15)10(7)16/h5-6,16H,1-4H3. The zero-order chi connectivity index (χ0) is 13.7. The minimum absolute atomic E-state index is 0.0948. The smallest absolute Gasteiger partial charge is 0.498 e. The maximum absolute atomic E-state index is 10.0. The highest BCUT2D eigenvalue weighted by molar-refractivity contribution is 6.64. The summed E-state index contributed by atoms with van der Waals surface area (Å²) in [5.41, 5.74) is -0.435. The number of halogens is 2. The van der Waals surface area contributed by atoms with Crippen molar-refractivity contribution in [2.24, 2.45) is 0 Å². The Morgan fingerprint density at radius 1 is 1.06 bits per heavy atom. The van der Waals surface area contributed by atoms with Crippen LogP contribution in [0.5, 0.6) is 5.75 Å². The zero-order valence-electron chi connectivity index (χ0n) is 10.8. The lowest BCUT2D eigenvalue weighted by atomic mass is 9.78. The van der Waals surface area contributed by atoms with E-state index in [4.69, 9.17) is 32.5 Å². The summed E-state index contributed by atoms with van der Waals surface area (Å²) in [4.78, 5) is 0. The third-order valence-electron chi connectivity index (χ3n) is 3.61. The molecule has 1 saturated heterocycles. The maximum Gasteiger partial charge on any atom is 0.498 e. The summed E-state index contributed by atoms with van der Waals surface area (Å²) in [5.74, 6) is -0.0948. The van der Waals surface area contributed by atoms with E-state index in [-0.39, 0.29) is 10.8 Å². The summed E-state index contributed by atoms with van der Waals surface area (Å²) < 4.78 is 11.7. The number of phenols is 1. The molecule has 0 aromatic heterocycles. The summed E-state index contributed by atoms with van der Waals surface area (Å²) >= 11 is 11.7. The van der Waals surface area contributed by atoms with Crippen LogP contribution in [0.15, 0.2) is 12.1 Å². The van der Waals surface area contributed by atoms with Crippen molar-refractivity contribution in [2.45, 2.75) is 38.9 Å². The normalized spacial score (nSPS) is 21.3. The molecule has 0 saturated carbocycles. The molecule has 6 heteroatoms. The van der Waals surface area contributed by atoms with Gasteiger partial charge < -0.3 is 14.4 Å². The summed E-state index contributed by atoms with van der Waals surface area (Å²) in [7, 11) is -0.648. The maximum atomic E-state index is 10.0. The number of benzene rings is 1. The molecule has 0 amide bonds. The van der Waals surface area contributed by atoms with E-state index in [9.17, 15) is 5.11 Å². The molecule has 1 aliphatic rings. The van der Waals surface area contributed by atoms with Crippen LogP contribution in [0, 0.1) is 0 Å². The Morgan fingerprint density at radius 2 is 1.56 bits per heavy atom. The lowest BCUT2D eigenvalue weighted by Crippen LogP contribution is -2.41. The van der Waals surface area contributed by atoms with Crippen LogP contribution in [-0.2, 0) is 9.31 Å². The van der Waals surface area contributed by atoms with Crippen molar-refractivity contribution < 1.29 is 14.4 Å². The number of hydrogen-bond donors (Lipinski definition) is 1. The quantitative estimate of drug-likeness (QED) is 0.808. The van der Waals surface area contributed by atoms with Gasteiger partial charge in [0.1, 0.15) is 10.8 Å². The van der Waals surface area contributed by atoms with Crippen molar-refractivity contribution >= 4 is 35.8 Å². The third kappa shape index (κ3) is 2.12. The predicted octanol–water partition coefficient (Wildman–Crippen LogP) is 3.00. The topological polar surface area (TPSA) is 38.7 Å². The van der Waals surface area contributed by atoms with Gasteiger partial charge in [0, 0.05) is 5.46 Å². The highest BCUT2D eigenvalue weighted by Gasteiger charge is 2.52. The Labute approximate surface area is 117 Å². The highest BCUT2D eigenvalue weighted by Crippen LogP contribution is 2.38. The van der Waals surface area contributed by atoms with Gasteiger partial charge in [-0.15, -0.1) is 0 Å². The Morgan fingerprint density at radius 3 is 2.06 bits per heavy atom. The molecule has 0 radical (unpaired) electrons. The van der Waals surface area contributed by atoms with Crippen LogP contribution in [0.4, 0.5) is 0 Å². The largest absolute Gasteiger partial charge is 0.507 e. The average molecular weight is 289 g/mol. The molecular weight excluding hydrogens is 274 g/mol. The van der Waals surface area contributed by atoms with E-state index < -0.39 is 18.3 Å². The molecule has 1 aromatic carbocycles. The second kappa shape index (κ2) is 4.31. The number of rotatable bonds is 1. The van der Waals surface area contributed by atoms with E-state index in [0.29, 0.717) is 10.5 Å². The van der Waals surface area contributed by atoms with Crippen molar-refractivity contribution in [2.75, 3.05) is 0 Å². The first-order valence-electron chi connectivity index (χ1n) is 5.68. The number of hydrogen-bond acceptors (Lipinski definition) is 3. The molecule has 1 aromatic rings. The van der Waals surface area contributed by atoms with E-state index in [1.807, 2.05) is 27.7 Å². The first-order chi connectivity index (χ1) is 8.16. The predicted molar refractivity (Wildman–Crippen MR) is 73.8 cm³/mol. The molecule has 0 bridgehead atoms. The monoisotopic (exact) mass is 288 g/mol. The van der Waals surface area contributed by atoms with Crippen LogP contribution in [0.3, 0.4) is 0 Å². The fourth-order valence-electron chi connectivity index (χ4n) is 1.72. The van der Waals surface area contributed by atoms with Gasteiger partial charge in [-0.1, -0.05) is 29.3 Å². The van der Waals surface area contributed by atoms with Crippen LogP contribution < -0.4 is 5.46 Å². The third-order valence-corrected chi connectivity index (χ3v) is 4.40. The van der Waals surface area contributed by atoms with Crippen molar-refractivity contribution in [1.82, 2.24) is 0 Å². The Balaban J connectivity index is 2.39. The molecule has 1 heterocycles. The fraction of sp³-hybridized carbons (Fsp3) is 0.500. The molecule has 1 aliphatic heterocycles. The Kier molecular flexibility index (Phi) is 3.35. The van der Waals surface area contributed by atoms with E-state index in [0.717, 1.165) is 0 Å². The van der Waals surface area contributed by atoms with Crippen LogP contribution in [0.2, 0.25) is 10.0 Å². The number of phenolic OH excluding ortho intramolecular Hbond substituents is 1. The van der Waals surface area contributed by atoms with Gasteiger partial charge in [0.05, 0.1) is 16.2 Å². The molecule has 18 heavy (non-hydrogen) atoms. The Bertz CT molecular complexity index is 472. The van der Waals surface area contributed by atoms with Crippen molar-refractivity contribution in [3.8, 4) is 5.75 Å². The molecule has 3 nitrogen and oxygen atoms in total. The summed E-state index contributed by atoms with van der Waals surface area (Å²) in [5, 5.41) is 10.4. The van der Waals surface area contributed by atoms with Crippen LogP contribution in [0.25, 0.3) is 0 Å². The molecule has 98 valence electrons. The van der Waals surface area contributed by atoms with Gasteiger partial charge in [0.25, 0.3) is 0 Å². The molecule has 0 atom stereocenters. The SMILES string of the molecule is CC1(C)OB(c2ccc(Cl)c(Cl)c2O)OC1(C)C. The van der Waals surface area contributed by atoms with Gasteiger partial charge in [0.15, 0.2) is 0 Å². The fourth-order valence-corrected chi connectivity index (χ4v) is 2.04. The van der Waals surface area contributed by atoms with Crippen molar-refractivity contribution in [1.29, 1.82) is 0 Å². The van der Waals surface area contributed by atoms with Crippen LogP contribution in [0.1, 0.15) is 27.7 Å². The molecule has 0 spiro atoms. The van der Waals surface area contributed by atoms with Gasteiger partial charge in [-0.05, 0) is 33.8 Å². The van der Waals surface area contributed by atoms with Gasteiger partial charge in [-0.2, -0.15) is 0 Å². The highest BCUT2D eigenvalue weighted by atomic mass is 35.5. The molecular formula is C12H15BCl2O3. The molecule has 0 unspecified atom stereocenters. The van der Waals surface area contributed by atoms with Gasteiger partial charge in [0.2, 0.25) is 0 Å². The van der Waals surface area contributed by atoms with Gasteiger partial charge in [-0.3, -0.25) is 0 Å². The summed E-state index contributed by atoms with van der Waals surface area (Å²) in [6.45, 7) is 7.78. The molecule has 2 rings (SSSR count). The lowest BCUT2D eigenvalue weighted by molar-refractivity contribution is 0.00578. The van der Waals surface area contributed by atoms with Gasteiger partial charge >= 0.3 is 7.12 Å². The molecule has 0 aliphatic carbocycles. The van der Waals surface area contributed by atoms with Crippen LogP contribution >= 0.6 is 23.2 Å².